The summed E-state index contributed by atoms with van der Waals surface area (Å²) in [6.07, 6.45) is 4.79. The van der Waals surface area contributed by atoms with Crippen LogP contribution in [0, 0.1) is 20.8 Å². The Morgan fingerprint density at radius 1 is 0.914 bits per heavy atom. The van der Waals surface area contributed by atoms with Gasteiger partial charge in [0.05, 0.1) is 11.4 Å². The van der Waals surface area contributed by atoms with E-state index < -0.39 is 10.0 Å². The number of hydrogen-bond acceptors (Lipinski definition) is 4. The molecule has 190 valence electrons. The number of piperazine rings is 1. The average Bonchev–Trinajstić information content (AvgIpc) is 2.83. The van der Waals surface area contributed by atoms with Gasteiger partial charge < -0.3 is 4.90 Å². The number of aryl methyl sites for hydroxylation is 3. The van der Waals surface area contributed by atoms with Crippen molar-refractivity contribution >= 4 is 15.9 Å². The Kier molecular flexibility index (Phi) is 8.30. The van der Waals surface area contributed by atoms with Crippen LogP contribution in [0.1, 0.15) is 54.4 Å². The lowest BCUT2D eigenvalue weighted by Crippen LogP contribution is -2.53. The van der Waals surface area contributed by atoms with E-state index in [4.69, 9.17) is 0 Å². The van der Waals surface area contributed by atoms with E-state index >= 15 is 0 Å². The number of hydrogen-bond donors (Lipinski definition) is 0. The number of benzene rings is 2. The highest BCUT2D eigenvalue weighted by Gasteiger charge is 2.37. The first-order valence-electron chi connectivity index (χ1n) is 12.9. The number of carbonyl (C=O) groups is 1. The van der Waals surface area contributed by atoms with Crippen molar-refractivity contribution in [1.82, 2.24) is 14.1 Å². The zero-order chi connectivity index (χ0) is 25.0. The summed E-state index contributed by atoms with van der Waals surface area (Å²) in [6.45, 7) is 9.37. The molecule has 7 heteroatoms. The first-order chi connectivity index (χ1) is 16.8. The fraction of sp³-hybridized carbons (Fsp3) is 0.536. The van der Waals surface area contributed by atoms with Crippen LogP contribution in [0.3, 0.4) is 0 Å². The minimum absolute atomic E-state index is 0.0710. The molecular formula is C28H39N3O3S. The number of sulfonamides is 1. The SMILES string of the molecule is Cc1cc(C)c(S(=O)(=O)N(CC(=O)N2CCN(Cc3ccccc3)CC2)C2CCCCC2)c(C)c1. The molecule has 0 bridgehead atoms. The van der Waals surface area contributed by atoms with Crippen LogP contribution in [0.25, 0.3) is 0 Å². The number of rotatable bonds is 7. The summed E-state index contributed by atoms with van der Waals surface area (Å²) in [6, 6.07) is 14.1. The third kappa shape index (κ3) is 6.13. The normalized spacial score (nSPS) is 18.2. The Labute approximate surface area is 211 Å². The maximum atomic E-state index is 14.0. The topological polar surface area (TPSA) is 60.9 Å². The molecule has 0 radical (unpaired) electrons. The van der Waals surface area contributed by atoms with Crippen LogP contribution in [0.4, 0.5) is 0 Å². The van der Waals surface area contributed by atoms with E-state index in [0.717, 1.165) is 68.4 Å². The molecule has 4 rings (SSSR count). The number of carbonyl (C=O) groups excluding carboxylic acids is 1. The lowest BCUT2D eigenvalue weighted by Gasteiger charge is -2.38. The van der Waals surface area contributed by atoms with E-state index in [0.29, 0.717) is 18.0 Å². The monoisotopic (exact) mass is 497 g/mol. The lowest BCUT2D eigenvalue weighted by molar-refractivity contribution is -0.133. The highest BCUT2D eigenvalue weighted by Crippen LogP contribution is 2.31. The van der Waals surface area contributed by atoms with Gasteiger partial charge in [0, 0.05) is 38.8 Å². The van der Waals surface area contributed by atoms with Gasteiger partial charge in [-0.3, -0.25) is 9.69 Å². The standard InChI is InChI=1S/C28H39N3O3S/c1-22-18-23(2)28(24(3)19-22)35(33,34)31(26-12-8-5-9-13-26)21-27(32)30-16-14-29(15-17-30)20-25-10-6-4-7-11-25/h4,6-7,10-11,18-19,26H,5,8-9,12-17,20-21H2,1-3H3. The highest BCUT2D eigenvalue weighted by atomic mass is 32.2. The molecule has 35 heavy (non-hydrogen) atoms. The summed E-state index contributed by atoms with van der Waals surface area (Å²) in [5.74, 6) is -0.0825. The molecule has 1 aliphatic carbocycles. The van der Waals surface area contributed by atoms with E-state index in [-0.39, 0.29) is 18.5 Å². The molecule has 1 saturated carbocycles. The number of nitrogens with zero attached hydrogens (tertiary/aromatic N) is 3. The zero-order valence-corrected chi connectivity index (χ0v) is 22.2. The third-order valence-corrected chi connectivity index (χ3v) is 9.62. The lowest BCUT2D eigenvalue weighted by atomic mass is 9.95. The van der Waals surface area contributed by atoms with Crippen molar-refractivity contribution < 1.29 is 13.2 Å². The molecule has 1 heterocycles. The summed E-state index contributed by atoms with van der Waals surface area (Å²) in [4.78, 5) is 18.0. The van der Waals surface area contributed by atoms with Crippen LogP contribution in [0.15, 0.2) is 47.4 Å². The average molecular weight is 498 g/mol. The van der Waals surface area contributed by atoms with Crippen LogP contribution in [0.2, 0.25) is 0 Å². The second-order valence-electron chi connectivity index (χ2n) is 10.2. The molecular weight excluding hydrogens is 458 g/mol. The van der Waals surface area contributed by atoms with Crippen LogP contribution in [0.5, 0.6) is 0 Å². The molecule has 2 aromatic carbocycles. The number of amides is 1. The fourth-order valence-corrected chi connectivity index (χ4v) is 7.75. The summed E-state index contributed by atoms with van der Waals surface area (Å²) in [5, 5.41) is 0. The molecule has 1 aliphatic heterocycles. The van der Waals surface area contributed by atoms with Crippen molar-refractivity contribution in [2.24, 2.45) is 0 Å². The Balaban J connectivity index is 1.49. The Bertz CT molecular complexity index is 1100. The van der Waals surface area contributed by atoms with Crippen molar-refractivity contribution in [2.75, 3.05) is 32.7 Å². The summed E-state index contributed by atoms with van der Waals surface area (Å²) >= 11 is 0. The Hall–Kier alpha value is -2.22. The van der Waals surface area contributed by atoms with Gasteiger partial charge in [-0.1, -0.05) is 67.3 Å². The van der Waals surface area contributed by atoms with Gasteiger partial charge in [-0.05, 0) is 50.3 Å². The van der Waals surface area contributed by atoms with Crippen LogP contribution in [-0.2, 0) is 21.4 Å². The predicted octanol–water partition coefficient (Wildman–Crippen LogP) is 4.28. The van der Waals surface area contributed by atoms with Crippen molar-refractivity contribution in [3.05, 3.63) is 64.7 Å². The second kappa shape index (κ2) is 11.2. The molecule has 2 fully saturated rings. The summed E-state index contributed by atoms with van der Waals surface area (Å²) in [7, 11) is -3.79. The van der Waals surface area contributed by atoms with Gasteiger partial charge >= 0.3 is 0 Å². The van der Waals surface area contributed by atoms with E-state index in [9.17, 15) is 13.2 Å². The minimum Gasteiger partial charge on any atom is -0.339 e. The third-order valence-electron chi connectivity index (χ3n) is 7.42. The van der Waals surface area contributed by atoms with Gasteiger partial charge in [-0.2, -0.15) is 4.31 Å². The predicted molar refractivity (Wildman–Crippen MR) is 140 cm³/mol. The molecule has 1 saturated heterocycles. The van der Waals surface area contributed by atoms with E-state index in [1.165, 1.54) is 9.87 Å². The van der Waals surface area contributed by atoms with Crippen LogP contribution >= 0.6 is 0 Å². The van der Waals surface area contributed by atoms with Crippen molar-refractivity contribution in [2.45, 2.75) is 70.4 Å². The van der Waals surface area contributed by atoms with Crippen molar-refractivity contribution in [3.8, 4) is 0 Å². The van der Waals surface area contributed by atoms with Crippen LogP contribution < -0.4 is 0 Å². The van der Waals surface area contributed by atoms with Gasteiger partial charge in [0.1, 0.15) is 0 Å². The minimum atomic E-state index is -3.79. The quantitative estimate of drug-likeness (QED) is 0.573. The van der Waals surface area contributed by atoms with E-state index in [2.05, 4.69) is 17.0 Å². The second-order valence-corrected chi connectivity index (χ2v) is 12.0. The Morgan fingerprint density at radius 2 is 1.51 bits per heavy atom. The molecule has 0 spiro atoms. The summed E-state index contributed by atoms with van der Waals surface area (Å²) < 4.78 is 29.5. The maximum absolute atomic E-state index is 14.0. The largest absolute Gasteiger partial charge is 0.339 e. The smallest absolute Gasteiger partial charge is 0.244 e. The van der Waals surface area contributed by atoms with Crippen molar-refractivity contribution in [1.29, 1.82) is 0 Å². The molecule has 0 N–H and O–H groups in total. The molecule has 6 nitrogen and oxygen atoms in total. The molecule has 2 aliphatic rings. The van der Waals surface area contributed by atoms with Crippen LogP contribution in [-0.4, -0.2) is 67.2 Å². The van der Waals surface area contributed by atoms with Gasteiger partial charge in [0.15, 0.2) is 0 Å². The van der Waals surface area contributed by atoms with Gasteiger partial charge in [-0.25, -0.2) is 8.42 Å². The molecule has 0 atom stereocenters. The van der Waals surface area contributed by atoms with Gasteiger partial charge in [0.25, 0.3) is 0 Å². The first kappa shape index (κ1) is 25.9. The van der Waals surface area contributed by atoms with E-state index in [1.807, 2.05) is 56.0 Å². The molecule has 0 aromatic heterocycles. The van der Waals surface area contributed by atoms with Crippen molar-refractivity contribution in [3.63, 3.8) is 0 Å². The zero-order valence-electron chi connectivity index (χ0n) is 21.4. The highest BCUT2D eigenvalue weighted by molar-refractivity contribution is 7.89. The first-order valence-corrected chi connectivity index (χ1v) is 14.3. The molecule has 0 unspecified atom stereocenters. The van der Waals surface area contributed by atoms with Gasteiger partial charge in [-0.15, -0.1) is 0 Å². The molecule has 1 amide bonds. The van der Waals surface area contributed by atoms with Gasteiger partial charge in [0.2, 0.25) is 15.9 Å². The van der Waals surface area contributed by atoms with E-state index in [1.54, 1.807) is 0 Å². The summed E-state index contributed by atoms with van der Waals surface area (Å²) in [5.41, 5.74) is 3.83. The fourth-order valence-electron chi connectivity index (χ4n) is 5.70. The maximum Gasteiger partial charge on any atom is 0.244 e. The molecule has 2 aromatic rings. The Morgan fingerprint density at radius 3 is 2.11 bits per heavy atom.